The van der Waals surface area contributed by atoms with Gasteiger partial charge in [-0.25, -0.2) is 23.7 Å². The lowest BCUT2D eigenvalue weighted by Gasteiger charge is -2.39. The standard InChI is InChI=1S/C26H22F2N6OS/c1-4-19(35)34-12(2)10-33-23(13(34)3)16(20-24(29)30-11-31-25(20)33)8-7-15-17(27)9-18-22(21(15)28)32-26(36-18)14-5-6-14/h4,9,11-14H,1,5-6,10H2,2-3H3,(H2,29,30,31)/t12-,13?/m1/s1. The monoisotopic (exact) mass is 504 g/mol. The van der Waals surface area contributed by atoms with E-state index >= 15 is 8.78 Å². The Labute approximate surface area is 209 Å². The number of nitrogens with two attached hydrogens (primary N) is 1. The number of carbonyl (C=O) groups excluding carboxylic acids is 1. The van der Waals surface area contributed by atoms with Crippen molar-refractivity contribution >= 4 is 44.3 Å². The van der Waals surface area contributed by atoms with Gasteiger partial charge in [-0.05, 0) is 38.8 Å². The van der Waals surface area contributed by atoms with E-state index in [-0.39, 0.29) is 28.8 Å². The fraction of sp³-hybridized carbons (Fsp3) is 0.308. The van der Waals surface area contributed by atoms with Crippen LogP contribution in [0, 0.1) is 23.5 Å². The molecule has 2 aliphatic rings. The maximum Gasteiger partial charge on any atom is 0.246 e. The van der Waals surface area contributed by atoms with Gasteiger partial charge in [0.2, 0.25) is 5.91 Å². The van der Waals surface area contributed by atoms with E-state index in [1.807, 2.05) is 18.4 Å². The summed E-state index contributed by atoms with van der Waals surface area (Å²) in [5.74, 6) is 4.48. The van der Waals surface area contributed by atoms with Crippen molar-refractivity contribution in [2.45, 2.75) is 51.2 Å². The predicted molar refractivity (Wildman–Crippen MR) is 134 cm³/mol. The van der Waals surface area contributed by atoms with Crippen LogP contribution in [0.1, 0.15) is 60.5 Å². The van der Waals surface area contributed by atoms with E-state index in [0.717, 1.165) is 17.8 Å². The highest BCUT2D eigenvalue weighted by atomic mass is 32.1. The van der Waals surface area contributed by atoms with Gasteiger partial charge in [-0.15, -0.1) is 11.3 Å². The summed E-state index contributed by atoms with van der Waals surface area (Å²) in [5.41, 5.74) is 7.71. The van der Waals surface area contributed by atoms with Crippen molar-refractivity contribution in [3.63, 3.8) is 0 Å². The molecule has 4 heterocycles. The Morgan fingerprint density at radius 1 is 1.25 bits per heavy atom. The van der Waals surface area contributed by atoms with Crippen LogP contribution in [0.5, 0.6) is 0 Å². The molecule has 182 valence electrons. The van der Waals surface area contributed by atoms with Crippen molar-refractivity contribution in [2.24, 2.45) is 0 Å². The van der Waals surface area contributed by atoms with Crippen LogP contribution in [0.4, 0.5) is 14.6 Å². The van der Waals surface area contributed by atoms with Gasteiger partial charge in [-0.3, -0.25) is 4.79 Å². The Balaban J connectivity index is 1.56. The molecule has 1 saturated carbocycles. The Bertz CT molecular complexity index is 1660. The Morgan fingerprint density at radius 2 is 2.00 bits per heavy atom. The third-order valence-corrected chi connectivity index (χ3v) is 8.07. The first-order chi connectivity index (χ1) is 17.3. The summed E-state index contributed by atoms with van der Waals surface area (Å²) < 4.78 is 32.9. The van der Waals surface area contributed by atoms with Crippen LogP contribution in [0.2, 0.25) is 0 Å². The summed E-state index contributed by atoms with van der Waals surface area (Å²) in [5, 5.41) is 1.33. The average molecular weight is 505 g/mol. The van der Waals surface area contributed by atoms with Gasteiger partial charge in [0.1, 0.15) is 29.1 Å². The molecule has 2 N–H and O–H groups in total. The first kappa shape index (κ1) is 22.6. The molecule has 10 heteroatoms. The molecule has 1 unspecified atom stereocenters. The maximum atomic E-state index is 15.4. The second kappa shape index (κ2) is 8.10. The molecule has 1 aliphatic heterocycles. The lowest BCUT2D eigenvalue weighted by molar-refractivity contribution is -0.131. The summed E-state index contributed by atoms with van der Waals surface area (Å²) in [7, 11) is 0. The Hall–Kier alpha value is -3.84. The minimum absolute atomic E-state index is 0.143. The molecule has 1 aromatic carbocycles. The summed E-state index contributed by atoms with van der Waals surface area (Å²) >= 11 is 1.33. The van der Waals surface area contributed by atoms with Crippen molar-refractivity contribution in [1.29, 1.82) is 0 Å². The molecule has 6 rings (SSSR count). The molecule has 4 aromatic rings. The number of nitrogens with zero attached hydrogens (tertiary/aromatic N) is 5. The van der Waals surface area contributed by atoms with Gasteiger partial charge in [0.15, 0.2) is 5.82 Å². The smallest absolute Gasteiger partial charge is 0.246 e. The van der Waals surface area contributed by atoms with Crippen molar-refractivity contribution in [3.05, 3.63) is 58.5 Å². The van der Waals surface area contributed by atoms with Gasteiger partial charge in [0, 0.05) is 18.5 Å². The zero-order valence-corrected chi connectivity index (χ0v) is 20.5. The number of anilines is 1. The molecule has 1 fully saturated rings. The van der Waals surface area contributed by atoms with Crippen LogP contribution in [0.15, 0.2) is 25.0 Å². The SMILES string of the molecule is C=CC(=O)N1C(C)c2c(C#Cc3c(F)cc4sc(C5CC5)nc4c3F)c3c(N)ncnc3n2C[C@H]1C. The molecule has 2 atom stereocenters. The molecule has 7 nitrogen and oxygen atoms in total. The topological polar surface area (TPSA) is 89.9 Å². The number of thiazole rings is 1. The predicted octanol–water partition coefficient (Wildman–Crippen LogP) is 4.66. The minimum Gasteiger partial charge on any atom is -0.383 e. The third kappa shape index (κ3) is 3.30. The van der Waals surface area contributed by atoms with Crippen molar-refractivity contribution < 1.29 is 13.6 Å². The second-order valence-electron chi connectivity index (χ2n) is 9.27. The van der Waals surface area contributed by atoms with E-state index in [2.05, 4.69) is 33.4 Å². The molecule has 0 radical (unpaired) electrons. The van der Waals surface area contributed by atoms with Crippen LogP contribution in [0.3, 0.4) is 0 Å². The number of nitrogen functional groups attached to an aromatic ring is 1. The molecule has 0 saturated heterocycles. The lowest BCUT2D eigenvalue weighted by Crippen LogP contribution is -2.46. The van der Waals surface area contributed by atoms with Crippen LogP contribution in [-0.2, 0) is 11.3 Å². The number of amides is 1. The van der Waals surface area contributed by atoms with Gasteiger partial charge in [0.25, 0.3) is 0 Å². The zero-order chi connectivity index (χ0) is 25.3. The van der Waals surface area contributed by atoms with Crippen LogP contribution >= 0.6 is 11.3 Å². The molecule has 1 amide bonds. The van der Waals surface area contributed by atoms with Gasteiger partial charge >= 0.3 is 0 Å². The van der Waals surface area contributed by atoms with Crippen molar-refractivity contribution in [3.8, 4) is 11.8 Å². The molecule has 1 aliphatic carbocycles. The third-order valence-electron chi connectivity index (χ3n) is 6.91. The summed E-state index contributed by atoms with van der Waals surface area (Å²) in [6.07, 6.45) is 4.68. The molecule has 3 aromatic heterocycles. The highest BCUT2D eigenvalue weighted by molar-refractivity contribution is 7.18. The van der Waals surface area contributed by atoms with Gasteiger partial charge in [0.05, 0.1) is 38.0 Å². The second-order valence-corrected chi connectivity index (χ2v) is 10.3. The number of hydrogen-bond donors (Lipinski definition) is 1. The molecular formula is C26H22F2N6OS. The molecule has 0 spiro atoms. The van der Waals surface area contributed by atoms with Crippen LogP contribution in [-0.4, -0.2) is 36.4 Å². The highest BCUT2D eigenvalue weighted by Crippen LogP contribution is 2.44. The van der Waals surface area contributed by atoms with Crippen LogP contribution < -0.4 is 5.73 Å². The van der Waals surface area contributed by atoms with E-state index in [1.54, 1.807) is 4.90 Å². The van der Waals surface area contributed by atoms with E-state index in [0.29, 0.717) is 39.5 Å². The number of hydrogen-bond acceptors (Lipinski definition) is 6. The van der Waals surface area contributed by atoms with Gasteiger partial charge < -0.3 is 15.2 Å². The summed E-state index contributed by atoms with van der Waals surface area (Å²) in [6, 6.07) is 0.744. The quantitative estimate of drug-likeness (QED) is 0.317. The normalized spacial score (nSPS) is 19.3. The molecule has 36 heavy (non-hydrogen) atoms. The first-order valence-corrected chi connectivity index (χ1v) is 12.5. The maximum absolute atomic E-state index is 15.4. The highest BCUT2D eigenvalue weighted by Gasteiger charge is 2.36. The van der Waals surface area contributed by atoms with E-state index in [9.17, 15) is 4.79 Å². The van der Waals surface area contributed by atoms with E-state index in [1.165, 1.54) is 29.8 Å². The summed E-state index contributed by atoms with van der Waals surface area (Å²) in [6.45, 7) is 7.88. The number of aromatic nitrogens is 4. The Kier molecular flexibility index (Phi) is 5.09. The van der Waals surface area contributed by atoms with Crippen molar-refractivity contribution in [1.82, 2.24) is 24.4 Å². The number of fused-ring (bicyclic) bond motifs is 4. The van der Waals surface area contributed by atoms with Crippen molar-refractivity contribution in [2.75, 3.05) is 5.73 Å². The lowest BCUT2D eigenvalue weighted by atomic mass is 10.0. The fourth-order valence-electron chi connectivity index (χ4n) is 5.10. The number of carbonyl (C=O) groups is 1. The number of rotatable bonds is 2. The minimum atomic E-state index is -0.771. The zero-order valence-electron chi connectivity index (χ0n) is 19.7. The number of benzene rings is 1. The van der Waals surface area contributed by atoms with Gasteiger partial charge in [-0.2, -0.15) is 0 Å². The van der Waals surface area contributed by atoms with Gasteiger partial charge in [-0.1, -0.05) is 18.4 Å². The fourth-order valence-corrected chi connectivity index (χ4v) is 6.25. The largest absolute Gasteiger partial charge is 0.383 e. The molecular weight excluding hydrogens is 482 g/mol. The molecule has 0 bridgehead atoms. The average Bonchev–Trinajstić information content (AvgIpc) is 3.53. The van der Waals surface area contributed by atoms with E-state index < -0.39 is 17.7 Å². The summed E-state index contributed by atoms with van der Waals surface area (Å²) in [4.78, 5) is 27.3. The number of halogens is 2. The van der Waals surface area contributed by atoms with Crippen LogP contribution in [0.25, 0.3) is 21.3 Å². The first-order valence-electron chi connectivity index (χ1n) is 11.7. The van der Waals surface area contributed by atoms with E-state index in [4.69, 9.17) is 5.73 Å². The Morgan fingerprint density at radius 3 is 2.72 bits per heavy atom.